The Bertz CT molecular complexity index is 1730. The molecule has 1 saturated carbocycles. The number of hydrogen-bond acceptors (Lipinski definition) is 9. The Balaban J connectivity index is 1.31. The van der Waals surface area contributed by atoms with Crippen molar-refractivity contribution in [1.29, 1.82) is 0 Å². The fraction of sp³-hybridized carbons (Fsp3) is 0.615. The number of amides is 3. The molecule has 6 rings (SSSR count). The molecule has 3 aromatic rings. The zero-order valence-corrected chi connectivity index (χ0v) is 31.8. The molecule has 2 aromatic heterocycles. The van der Waals surface area contributed by atoms with Crippen LogP contribution in [0.4, 0.5) is 20.2 Å². The molecule has 282 valence electrons. The van der Waals surface area contributed by atoms with E-state index in [0.29, 0.717) is 43.5 Å². The number of piperidine rings is 2. The fourth-order valence-corrected chi connectivity index (χ4v) is 7.53. The van der Waals surface area contributed by atoms with E-state index in [2.05, 4.69) is 13.8 Å². The third-order valence-electron chi connectivity index (χ3n) is 9.78. The third-order valence-corrected chi connectivity index (χ3v) is 9.78. The van der Waals surface area contributed by atoms with Crippen LogP contribution in [0.1, 0.15) is 98.1 Å². The molecule has 2 bridgehead atoms. The summed E-state index contributed by atoms with van der Waals surface area (Å²) in [4.78, 5) is 50.7. The van der Waals surface area contributed by atoms with Crippen LogP contribution >= 0.6 is 0 Å². The molecule has 0 spiro atoms. The van der Waals surface area contributed by atoms with E-state index in [9.17, 15) is 14.4 Å². The number of rotatable bonds is 7. The number of carbonyl (C=O) groups is 3. The van der Waals surface area contributed by atoms with Gasteiger partial charge in [0.15, 0.2) is 5.65 Å². The molecule has 4 heterocycles. The number of aromatic nitrogens is 3. The Labute approximate surface area is 306 Å². The van der Waals surface area contributed by atoms with Crippen molar-refractivity contribution in [3.8, 4) is 5.88 Å². The van der Waals surface area contributed by atoms with Crippen molar-refractivity contribution in [2.45, 2.75) is 117 Å². The van der Waals surface area contributed by atoms with Crippen LogP contribution in [-0.4, -0.2) is 92.2 Å². The molecular weight excluding hydrogens is 664 g/mol. The van der Waals surface area contributed by atoms with Gasteiger partial charge in [-0.2, -0.15) is 14.6 Å². The summed E-state index contributed by atoms with van der Waals surface area (Å²) in [5.41, 5.74) is 1.05. The summed E-state index contributed by atoms with van der Waals surface area (Å²) in [5.74, 6) is 0.895. The highest BCUT2D eigenvalue weighted by atomic mass is 16.6. The number of carbonyl (C=O) groups excluding carboxylic acids is 3. The van der Waals surface area contributed by atoms with Gasteiger partial charge in [0.2, 0.25) is 5.88 Å². The number of benzene rings is 1. The molecule has 2 saturated heterocycles. The van der Waals surface area contributed by atoms with Gasteiger partial charge in [0, 0.05) is 31.3 Å². The first kappa shape index (κ1) is 37.2. The predicted octanol–water partition coefficient (Wildman–Crippen LogP) is 7.42. The monoisotopic (exact) mass is 718 g/mol. The quantitative estimate of drug-likeness (QED) is 0.229. The summed E-state index contributed by atoms with van der Waals surface area (Å²) in [6.45, 7) is 17.3. The number of fused-ring (bicyclic) bond motifs is 3. The van der Waals surface area contributed by atoms with Crippen molar-refractivity contribution in [2.24, 2.45) is 11.8 Å². The van der Waals surface area contributed by atoms with Gasteiger partial charge in [-0.15, -0.1) is 0 Å². The smallest absolute Gasteiger partial charge is 0.416 e. The van der Waals surface area contributed by atoms with E-state index < -0.39 is 17.3 Å². The van der Waals surface area contributed by atoms with Crippen molar-refractivity contribution in [3.05, 3.63) is 53.7 Å². The average Bonchev–Trinajstić information content (AvgIpc) is 3.59. The molecular formula is C39H54N6O7. The molecule has 3 amide bonds. The standard InChI is InChI=1S/C39H54N6O7/c1-25(2)30-20-40-45-32(19-31(41-34(30)45)50-29-15-12-18-42(23-29)35(46)49-24-26-13-10-9-11-14-26)44(37(48)52-39(6,7)8)33-27-16-17-28(33)22-43(21-27)36(47)51-38(3,4)5/h9-11,13-14,19-20,25,27-29,33H,12,15-18,21-24H2,1-8H3/t27?,28?,29-,33?/m1/s1. The molecule has 3 fully saturated rings. The first-order valence-corrected chi connectivity index (χ1v) is 18.6. The molecule has 2 unspecified atom stereocenters. The second-order valence-corrected chi connectivity index (χ2v) is 16.6. The topological polar surface area (TPSA) is 128 Å². The van der Waals surface area contributed by atoms with Gasteiger partial charge < -0.3 is 28.7 Å². The van der Waals surface area contributed by atoms with Gasteiger partial charge in [-0.3, -0.25) is 4.90 Å². The van der Waals surface area contributed by atoms with Crippen LogP contribution in [0.15, 0.2) is 42.6 Å². The van der Waals surface area contributed by atoms with Gasteiger partial charge in [-0.1, -0.05) is 44.2 Å². The highest BCUT2D eigenvalue weighted by Gasteiger charge is 2.50. The highest BCUT2D eigenvalue weighted by Crippen LogP contribution is 2.43. The lowest BCUT2D eigenvalue weighted by Crippen LogP contribution is -2.57. The lowest BCUT2D eigenvalue weighted by atomic mass is 9.91. The van der Waals surface area contributed by atoms with Crippen LogP contribution in [0, 0.1) is 11.8 Å². The maximum Gasteiger partial charge on any atom is 0.416 e. The van der Waals surface area contributed by atoms with Crippen LogP contribution in [0.2, 0.25) is 0 Å². The minimum absolute atomic E-state index is 0.0136. The van der Waals surface area contributed by atoms with E-state index >= 15 is 0 Å². The van der Waals surface area contributed by atoms with E-state index in [1.54, 1.807) is 31.5 Å². The second-order valence-electron chi connectivity index (χ2n) is 16.6. The molecule has 2 aliphatic heterocycles. The van der Waals surface area contributed by atoms with E-state index in [1.807, 2.05) is 71.9 Å². The van der Waals surface area contributed by atoms with Crippen LogP contribution in [0.25, 0.3) is 5.65 Å². The molecule has 0 radical (unpaired) electrons. The van der Waals surface area contributed by atoms with Crippen molar-refractivity contribution in [1.82, 2.24) is 24.4 Å². The Morgan fingerprint density at radius 1 is 0.885 bits per heavy atom. The molecule has 3 aliphatic rings. The average molecular weight is 719 g/mol. The van der Waals surface area contributed by atoms with Crippen molar-refractivity contribution < 1.29 is 33.3 Å². The zero-order chi connectivity index (χ0) is 37.4. The van der Waals surface area contributed by atoms with E-state index in [4.69, 9.17) is 29.0 Å². The summed E-state index contributed by atoms with van der Waals surface area (Å²) in [5, 5.41) is 4.75. The predicted molar refractivity (Wildman–Crippen MR) is 195 cm³/mol. The lowest BCUT2D eigenvalue weighted by Gasteiger charge is -2.43. The molecule has 52 heavy (non-hydrogen) atoms. The third kappa shape index (κ3) is 8.56. The highest BCUT2D eigenvalue weighted by molar-refractivity contribution is 5.88. The number of hydrogen-bond donors (Lipinski definition) is 0. The van der Waals surface area contributed by atoms with Gasteiger partial charge in [0.25, 0.3) is 0 Å². The first-order chi connectivity index (χ1) is 24.6. The maximum atomic E-state index is 14.4. The molecule has 13 nitrogen and oxygen atoms in total. The van der Waals surface area contributed by atoms with E-state index in [-0.39, 0.29) is 48.7 Å². The number of ether oxygens (including phenoxy) is 4. The van der Waals surface area contributed by atoms with E-state index in [0.717, 1.165) is 36.8 Å². The molecule has 13 heteroatoms. The summed E-state index contributed by atoms with van der Waals surface area (Å²) in [7, 11) is 0. The summed E-state index contributed by atoms with van der Waals surface area (Å²) < 4.78 is 25.7. The normalized spacial score (nSPS) is 22.0. The first-order valence-electron chi connectivity index (χ1n) is 18.6. The minimum Gasteiger partial charge on any atom is -0.472 e. The van der Waals surface area contributed by atoms with Gasteiger partial charge in [-0.25, -0.2) is 14.4 Å². The Kier molecular flexibility index (Phi) is 10.6. The van der Waals surface area contributed by atoms with Crippen molar-refractivity contribution in [2.75, 3.05) is 31.1 Å². The number of nitrogens with zero attached hydrogens (tertiary/aromatic N) is 6. The Morgan fingerprint density at radius 2 is 1.56 bits per heavy atom. The van der Waals surface area contributed by atoms with Gasteiger partial charge >= 0.3 is 18.3 Å². The Morgan fingerprint density at radius 3 is 2.19 bits per heavy atom. The van der Waals surface area contributed by atoms with Crippen molar-refractivity contribution >= 4 is 29.7 Å². The summed E-state index contributed by atoms with van der Waals surface area (Å²) in [6, 6.07) is 11.1. The SMILES string of the molecule is CC(C)c1cnn2c(N(C(=O)OC(C)(C)C)C3C4CCC3CN(C(=O)OC(C)(C)C)C4)cc(O[C@@H]3CCCN(C(=O)OCc4ccccc4)C3)nc12. The van der Waals surface area contributed by atoms with Gasteiger partial charge in [0.1, 0.15) is 29.7 Å². The maximum absolute atomic E-state index is 14.4. The molecule has 1 aliphatic carbocycles. The van der Waals surface area contributed by atoms with Crippen molar-refractivity contribution in [3.63, 3.8) is 0 Å². The number of likely N-dealkylation sites (tertiary alicyclic amines) is 2. The fourth-order valence-electron chi connectivity index (χ4n) is 7.53. The van der Waals surface area contributed by atoms with Crippen LogP contribution < -0.4 is 9.64 Å². The lowest BCUT2D eigenvalue weighted by molar-refractivity contribution is 0.0119. The zero-order valence-electron chi connectivity index (χ0n) is 31.8. The van der Waals surface area contributed by atoms with Gasteiger partial charge in [-0.05, 0) is 90.5 Å². The summed E-state index contributed by atoms with van der Waals surface area (Å²) >= 11 is 0. The van der Waals surface area contributed by atoms with Crippen LogP contribution in [0.5, 0.6) is 5.88 Å². The second kappa shape index (κ2) is 14.8. The van der Waals surface area contributed by atoms with Gasteiger partial charge in [0.05, 0.1) is 18.8 Å². The summed E-state index contributed by atoms with van der Waals surface area (Å²) in [6.07, 6.45) is 3.40. The molecule has 1 aromatic carbocycles. The number of anilines is 1. The van der Waals surface area contributed by atoms with E-state index in [1.165, 1.54) is 0 Å². The molecule has 3 atom stereocenters. The van der Waals surface area contributed by atoms with Crippen LogP contribution in [-0.2, 0) is 20.8 Å². The molecule has 0 N–H and O–H groups in total. The minimum atomic E-state index is -0.759. The largest absolute Gasteiger partial charge is 0.472 e. The van der Waals surface area contributed by atoms with Crippen LogP contribution in [0.3, 0.4) is 0 Å². The Hall–Kier alpha value is -4.55.